The first-order valence-corrected chi connectivity index (χ1v) is 10.7. The van der Waals surface area contributed by atoms with Crippen LogP contribution >= 0.6 is 0 Å². The highest BCUT2D eigenvalue weighted by Gasteiger charge is 2.29. The molecule has 2 aliphatic carbocycles. The molecule has 2 heteroatoms. The van der Waals surface area contributed by atoms with Crippen molar-refractivity contribution in [3.8, 4) is 0 Å². The molecule has 3 atom stereocenters. The third kappa shape index (κ3) is 4.26. The van der Waals surface area contributed by atoms with Gasteiger partial charge in [0.05, 0.1) is 0 Å². The lowest BCUT2D eigenvalue weighted by molar-refractivity contribution is 0.0954. The van der Waals surface area contributed by atoms with Crippen LogP contribution in [0.2, 0.25) is 0 Å². The molecule has 0 spiro atoms. The zero-order valence-corrected chi connectivity index (χ0v) is 16.4. The monoisotopic (exact) mass is 361 g/mol. The Morgan fingerprint density at radius 3 is 2.70 bits per heavy atom. The van der Waals surface area contributed by atoms with Gasteiger partial charge in [-0.1, -0.05) is 56.2 Å². The van der Waals surface area contributed by atoms with Gasteiger partial charge in [-0.15, -0.1) is 0 Å². The van der Waals surface area contributed by atoms with Gasteiger partial charge in [0.1, 0.15) is 0 Å². The fourth-order valence-electron chi connectivity index (χ4n) is 5.08. The van der Waals surface area contributed by atoms with E-state index in [0.717, 1.165) is 23.8 Å². The predicted octanol–water partition coefficient (Wildman–Crippen LogP) is 5.83. The highest BCUT2D eigenvalue weighted by atomic mass is 16.1. The summed E-state index contributed by atoms with van der Waals surface area (Å²) < 4.78 is 0. The molecule has 2 aliphatic rings. The number of hydrogen-bond acceptors (Lipinski definition) is 1. The van der Waals surface area contributed by atoms with Crippen LogP contribution in [0.3, 0.4) is 0 Å². The second-order valence-electron chi connectivity index (χ2n) is 8.54. The van der Waals surface area contributed by atoms with Crippen LogP contribution in [0.25, 0.3) is 0 Å². The maximum atomic E-state index is 12.2. The van der Waals surface area contributed by atoms with Gasteiger partial charge in [-0.3, -0.25) is 4.79 Å². The van der Waals surface area contributed by atoms with E-state index in [2.05, 4.69) is 30.4 Å². The van der Waals surface area contributed by atoms with Crippen LogP contribution in [-0.4, -0.2) is 12.5 Å². The van der Waals surface area contributed by atoms with Crippen molar-refractivity contribution in [2.45, 2.75) is 63.7 Å². The summed E-state index contributed by atoms with van der Waals surface area (Å²) in [5.41, 5.74) is 5.28. The lowest BCUT2D eigenvalue weighted by Crippen LogP contribution is -2.25. The zero-order valence-electron chi connectivity index (χ0n) is 16.4. The molecule has 142 valence electrons. The maximum Gasteiger partial charge on any atom is 0.251 e. The first-order valence-electron chi connectivity index (χ1n) is 10.7. The van der Waals surface area contributed by atoms with E-state index in [9.17, 15) is 4.79 Å². The van der Waals surface area contributed by atoms with Crippen LogP contribution in [0.4, 0.5) is 0 Å². The smallest absolute Gasteiger partial charge is 0.251 e. The molecule has 1 N–H and O–H groups in total. The number of benzene rings is 2. The Bertz CT molecular complexity index is 782. The molecule has 0 aliphatic heterocycles. The van der Waals surface area contributed by atoms with Crippen molar-refractivity contribution in [1.29, 1.82) is 0 Å². The van der Waals surface area contributed by atoms with Crippen LogP contribution in [0.15, 0.2) is 48.5 Å². The summed E-state index contributed by atoms with van der Waals surface area (Å²) in [6.07, 6.45) is 9.19. The Morgan fingerprint density at radius 2 is 1.85 bits per heavy atom. The average Bonchev–Trinajstić information content (AvgIpc) is 3.18. The molecule has 2 aromatic carbocycles. The number of carbonyl (C=O) groups excluding carboxylic acids is 1. The number of fused-ring (bicyclic) bond motifs is 4. The molecule has 0 aromatic heterocycles. The number of rotatable bonds is 4. The Hall–Kier alpha value is -2.09. The second kappa shape index (κ2) is 8.29. The fourth-order valence-corrected chi connectivity index (χ4v) is 5.08. The van der Waals surface area contributed by atoms with E-state index in [0.29, 0.717) is 12.5 Å². The first-order chi connectivity index (χ1) is 13.2. The molecule has 0 radical (unpaired) electrons. The highest BCUT2D eigenvalue weighted by Crippen LogP contribution is 2.45. The number of nitrogens with one attached hydrogen (secondary N) is 1. The second-order valence-corrected chi connectivity index (χ2v) is 8.54. The van der Waals surface area contributed by atoms with Crippen molar-refractivity contribution >= 4 is 5.91 Å². The average molecular weight is 362 g/mol. The Morgan fingerprint density at radius 1 is 1.00 bits per heavy atom. The summed E-state index contributed by atoms with van der Waals surface area (Å²) in [6.45, 7) is 3.09. The largest absolute Gasteiger partial charge is 0.352 e. The minimum atomic E-state index is 0.0173. The van der Waals surface area contributed by atoms with E-state index < -0.39 is 0 Å². The van der Waals surface area contributed by atoms with Gasteiger partial charge >= 0.3 is 0 Å². The molecular formula is C25H31NO. The minimum absolute atomic E-state index is 0.0173. The van der Waals surface area contributed by atoms with Gasteiger partial charge in [-0.2, -0.15) is 0 Å². The van der Waals surface area contributed by atoms with Crippen molar-refractivity contribution in [3.05, 3.63) is 70.8 Å². The molecular weight excluding hydrogens is 330 g/mol. The Kier molecular flexibility index (Phi) is 5.61. The fraction of sp³-hybridized carbons (Fsp3) is 0.480. The SMILES string of the molecule is CC1CCCC2CCC(C2)c2ccc(CCNC(=O)c3ccccc3)cc21. The first kappa shape index (κ1) is 18.3. The summed E-state index contributed by atoms with van der Waals surface area (Å²) in [7, 11) is 0. The molecule has 1 saturated carbocycles. The zero-order chi connectivity index (χ0) is 18.6. The van der Waals surface area contributed by atoms with Gasteiger partial charge in [0, 0.05) is 12.1 Å². The molecule has 0 heterocycles. The van der Waals surface area contributed by atoms with E-state index in [1.54, 1.807) is 11.1 Å². The van der Waals surface area contributed by atoms with E-state index in [1.807, 2.05) is 30.3 Å². The van der Waals surface area contributed by atoms with Crippen LogP contribution < -0.4 is 5.32 Å². The third-order valence-corrected chi connectivity index (χ3v) is 6.65. The van der Waals surface area contributed by atoms with Crippen LogP contribution in [0, 0.1) is 5.92 Å². The molecule has 2 bridgehead atoms. The molecule has 0 saturated heterocycles. The van der Waals surface area contributed by atoms with Gasteiger partial charge in [0.2, 0.25) is 0 Å². The summed E-state index contributed by atoms with van der Waals surface area (Å²) >= 11 is 0. The van der Waals surface area contributed by atoms with Crippen LogP contribution in [-0.2, 0) is 6.42 Å². The lowest BCUT2D eigenvalue weighted by atomic mass is 9.84. The quantitative estimate of drug-likeness (QED) is 0.729. The molecule has 3 unspecified atom stereocenters. The minimum Gasteiger partial charge on any atom is -0.352 e. The standard InChI is InChI=1S/C25H31NO/c1-18-6-5-7-19-10-12-22(16-19)23-13-11-20(17-24(18)23)14-15-26-25(27)21-8-3-2-4-9-21/h2-4,8-9,11,13,17-19,22H,5-7,10,12,14-16H2,1H3,(H,26,27). The maximum absolute atomic E-state index is 12.2. The molecule has 27 heavy (non-hydrogen) atoms. The van der Waals surface area contributed by atoms with E-state index in [-0.39, 0.29) is 5.91 Å². The predicted molar refractivity (Wildman–Crippen MR) is 111 cm³/mol. The van der Waals surface area contributed by atoms with E-state index in [1.165, 1.54) is 44.1 Å². The van der Waals surface area contributed by atoms with Crippen molar-refractivity contribution in [2.24, 2.45) is 5.92 Å². The van der Waals surface area contributed by atoms with Gasteiger partial charge in [-0.25, -0.2) is 0 Å². The van der Waals surface area contributed by atoms with Gasteiger partial charge in [0.15, 0.2) is 0 Å². The lowest BCUT2D eigenvalue weighted by Gasteiger charge is -2.21. The van der Waals surface area contributed by atoms with Gasteiger partial charge in [0.25, 0.3) is 5.91 Å². The van der Waals surface area contributed by atoms with Gasteiger partial charge in [-0.05, 0) is 78.7 Å². The summed E-state index contributed by atoms with van der Waals surface area (Å²) in [6, 6.07) is 16.6. The van der Waals surface area contributed by atoms with Crippen molar-refractivity contribution < 1.29 is 4.79 Å². The topological polar surface area (TPSA) is 29.1 Å². The van der Waals surface area contributed by atoms with Gasteiger partial charge < -0.3 is 5.32 Å². The Balaban J connectivity index is 1.44. The molecule has 4 rings (SSSR count). The summed E-state index contributed by atoms with van der Waals surface area (Å²) in [4.78, 5) is 12.2. The molecule has 1 fully saturated rings. The van der Waals surface area contributed by atoms with Crippen molar-refractivity contribution in [2.75, 3.05) is 6.54 Å². The molecule has 1 amide bonds. The number of hydrogen-bond donors (Lipinski definition) is 1. The molecule has 2 aromatic rings. The van der Waals surface area contributed by atoms with E-state index >= 15 is 0 Å². The molecule has 2 nitrogen and oxygen atoms in total. The number of amides is 1. The number of carbonyl (C=O) groups is 1. The normalized spacial score (nSPS) is 24.4. The highest BCUT2D eigenvalue weighted by molar-refractivity contribution is 5.94. The van der Waals surface area contributed by atoms with Crippen LogP contribution in [0.5, 0.6) is 0 Å². The van der Waals surface area contributed by atoms with Crippen molar-refractivity contribution in [3.63, 3.8) is 0 Å². The summed E-state index contributed by atoms with van der Waals surface area (Å²) in [5.74, 6) is 2.40. The Labute approximate surface area is 163 Å². The van der Waals surface area contributed by atoms with E-state index in [4.69, 9.17) is 0 Å². The van der Waals surface area contributed by atoms with Crippen LogP contribution in [0.1, 0.15) is 84.3 Å². The summed E-state index contributed by atoms with van der Waals surface area (Å²) in [5, 5.41) is 3.06. The third-order valence-electron chi connectivity index (χ3n) is 6.65. The van der Waals surface area contributed by atoms with Crippen molar-refractivity contribution in [1.82, 2.24) is 5.32 Å².